The molecule has 6 nitrogen and oxygen atoms in total. The Kier molecular flexibility index (Phi) is 5.84. The first kappa shape index (κ1) is 17.8. The fourth-order valence-corrected chi connectivity index (χ4v) is 2.47. The average Bonchev–Trinajstić information content (AvgIpc) is 2.55. The largest absolute Gasteiger partial charge is 0.466 e. The van der Waals surface area contributed by atoms with E-state index in [9.17, 15) is 9.59 Å². The summed E-state index contributed by atoms with van der Waals surface area (Å²) in [6, 6.07) is -0.556. The van der Waals surface area contributed by atoms with Gasteiger partial charge in [0.1, 0.15) is 36.7 Å². The van der Waals surface area contributed by atoms with Crippen molar-refractivity contribution in [3.8, 4) is 0 Å². The van der Waals surface area contributed by atoms with Gasteiger partial charge in [-0.25, -0.2) is 4.79 Å². The van der Waals surface area contributed by atoms with Gasteiger partial charge in [-0.1, -0.05) is 18.2 Å². The molecule has 0 aromatic rings. The molecule has 24 heavy (non-hydrogen) atoms. The summed E-state index contributed by atoms with van der Waals surface area (Å²) >= 11 is 0. The summed E-state index contributed by atoms with van der Waals surface area (Å²) in [7, 11) is 0. The molecule has 1 atom stereocenters. The summed E-state index contributed by atoms with van der Waals surface area (Å²) in [5.74, 6) is 0.437. The molecule has 1 aliphatic carbocycles. The molecule has 0 radical (unpaired) electrons. The van der Waals surface area contributed by atoms with E-state index in [-0.39, 0.29) is 6.54 Å². The molecular formula is C18H23NO5. The van der Waals surface area contributed by atoms with E-state index in [2.05, 4.69) is 0 Å². The Morgan fingerprint density at radius 3 is 2.75 bits per heavy atom. The van der Waals surface area contributed by atoms with Crippen molar-refractivity contribution in [1.29, 1.82) is 0 Å². The number of rotatable bonds is 5. The van der Waals surface area contributed by atoms with Crippen LogP contribution in [0.15, 0.2) is 48.3 Å². The molecule has 0 saturated heterocycles. The normalized spacial score (nSPS) is 17.8. The Morgan fingerprint density at radius 1 is 1.42 bits per heavy atom. The van der Waals surface area contributed by atoms with Gasteiger partial charge in [0.25, 0.3) is 0 Å². The van der Waals surface area contributed by atoms with Crippen molar-refractivity contribution in [2.45, 2.75) is 45.3 Å². The Morgan fingerprint density at radius 2 is 2.21 bits per heavy atom. The van der Waals surface area contributed by atoms with E-state index >= 15 is 0 Å². The van der Waals surface area contributed by atoms with E-state index in [4.69, 9.17) is 14.2 Å². The Bertz CT molecular complexity index is 595. The molecule has 1 heterocycles. The highest BCUT2D eigenvalue weighted by Crippen LogP contribution is 2.28. The van der Waals surface area contributed by atoms with Crippen LogP contribution < -0.4 is 0 Å². The first-order chi connectivity index (χ1) is 11.4. The van der Waals surface area contributed by atoms with Crippen LogP contribution in [0.4, 0.5) is 4.79 Å². The van der Waals surface area contributed by atoms with Gasteiger partial charge in [-0.15, -0.1) is 0 Å². The lowest BCUT2D eigenvalue weighted by molar-refractivity contribution is -0.109. The SMILES string of the molecule is CC(C)(C)OC(=O)N(CC=O)C(C1=CC=CCC1)C1=COC=CO1. The molecule has 0 fully saturated rings. The van der Waals surface area contributed by atoms with E-state index in [1.165, 1.54) is 23.7 Å². The molecule has 2 rings (SSSR count). The smallest absolute Gasteiger partial charge is 0.411 e. The molecule has 1 unspecified atom stereocenters. The van der Waals surface area contributed by atoms with Gasteiger partial charge in [-0.2, -0.15) is 0 Å². The summed E-state index contributed by atoms with van der Waals surface area (Å²) in [5.41, 5.74) is 0.289. The highest BCUT2D eigenvalue weighted by molar-refractivity contribution is 5.73. The number of ether oxygens (including phenoxy) is 3. The Hall–Kier alpha value is -2.50. The lowest BCUT2D eigenvalue weighted by Gasteiger charge is -2.35. The van der Waals surface area contributed by atoms with Gasteiger partial charge in [-0.3, -0.25) is 4.90 Å². The Labute approximate surface area is 142 Å². The third-order valence-electron chi connectivity index (χ3n) is 3.40. The maximum atomic E-state index is 12.6. The second kappa shape index (κ2) is 7.86. The van der Waals surface area contributed by atoms with Crippen LogP contribution in [-0.2, 0) is 19.0 Å². The van der Waals surface area contributed by atoms with Crippen molar-refractivity contribution in [3.05, 3.63) is 48.3 Å². The number of hydrogen-bond donors (Lipinski definition) is 0. The molecule has 0 saturated carbocycles. The average molecular weight is 333 g/mol. The van der Waals surface area contributed by atoms with E-state index in [0.717, 1.165) is 18.4 Å². The second-order valence-corrected chi connectivity index (χ2v) is 6.46. The third-order valence-corrected chi connectivity index (χ3v) is 3.40. The lowest BCUT2D eigenvalue weighted by atomic mass is 9.95. The van der Waals surface area contributed by atoms with Gasteiger partial charge >= 0.3 is 6.09 Å². The molecular weight excluding hydrogens is 310 g/mol. The van der Waals surface area contributed by atoms with E-state index in [1.807, 2.05) is 18.2 Å². The van der Waals surface area contributed by atoms with E-state index in [0.29, 0.717) is 12.0 Å². The van der Waals surface area contributed by atoms with Gasteiger partial charge in [0.05, 0.1) is 6.54 Å². The predicted molar refractivity (Wildman–Crippen MR) is 88.6 cm³/mol. The van der Waals surface area contributed by atoms with Crippen LogP contribution in [0.25, 0.3) is 0 Å². The molecule has 1 aliphatic heterocycles. The van der Waals surface area contributed by atoms with Crippen LogP contribution >= 0.6 is 0 Å². The van der Waals surface area contributed by atoms with Gasteiger partial charge in [-0.05, 0) is 39.2 Å². The van der Waals surface area contributed by atoms with Crippen LogP contribution in [-0.4, -0.2) is 35.5 Å². The second-order valence-electron chi connectivity index (χ2n) is 6.46. The first-order valence-corrected chi connectivity index (χ1v) is 7.88. The molecule has 2 aliphatic rings. The fourth-order valence-electron chi connectivity index (χ4n) is 2.47. The van der Waals surface area contributed by atoms with Crippen LogP contribution in [0.5, 0.6) is 0 Å². The number of hydrogen-bond acceptors (Lipinski definition) is 5. The zero-order valence-electron chi connectivity index (χ0n) is 14.2. The Balaban J connectivity index is 2.35. The van der Waals surface area contributed by atoms with Gasteiger partial charge in [0.15, 0.2) is 5.76 Å². The molecule has 1 amide bonds. The zero-order chi connectivity index (χ0) is 17.6. The van der Waals surface area contributed by atoms with Crippen LogP contribution in [0.3, 0.4) is 0 Å². The highest BCUT2D eigenvalue weighted by atomic mass is 16.6. The van der Waals surface area contributed by atoms with Crippen molar-refractivity contribution in [2.75, 3.05) is 6.54 Å². The lowest BCUT2D eigenvalue weighted by Crippen LogP contribution is -2.46. The third kappa shape index (κ3) is 4.75. The molecule has 0 N–H and O–H groups in total. The first-order valence-electron chi connectivity index (χ1n) is 7.88. The van der Waals surface area contributed by atoms with Gasteiger partial charge in [0, 0.05) is 0 Å². The highest BCUT2D eigenvalue weighted by Gasteiger charge is 2.34. The molecule has 130 valence electrons. The van der Waals surface area contributed by atoms with Gasteiger partial charge in [0.2, 0.25) is 0 Å². The van der Waals surface area contributed by atoms with Crippen molar-refractivity contribution in [1.82, 2.24) is 4.90 Å². The van der Waals surface area contributed by atoms with Crippen molar-refractivity contribution in [3.63, 3.8) is 0 Å². The van der Waals surface area contributed by atoms with Crippen LogP contribution in [0, 0.1) is 0 Å². The van der Waals surface area contributed by atoms with Crippen LogP contribution in [0.2, 0.25) is 0 Å². The van der Waals surface area contributed by atoms with Crippen molar-refractivity contribution < 1.29 is 23.8 Å². The van der Waals surface area contributed by atoms with Gasteiger partial charge < -0.3 is 19.0 Å². The monoisotopic (exact) mass is 333 g/mol. The standard InChI is InChI=1S/C18H23NO5/c1-18(2,3)24-17(21)19(9-10-20)16(14-7-5-4-6-8-14)15-13-22-11-12-23-15/h4-5,7,10-13,16H,6,8-9H2,1-3H3. The number of aldehydes is 1. The minimum atomic E-state index is -0.665. The van der Waals surface area contributed by atoms with Crippen LogP contribution in [0.1, 0.15) is 33.6 Å². The fraction of sp³-hybridized carbons (Fsp3) is 0.444. The maximum Gasteiger partial charge on any atom is 0.411 e. The van der Waals surface area contributed by atoms with E-state index in [1.54, 1.807) is 20.8 Å². The zero-order valence-corrected chi connectivity index (χ0v) is 14.2. The topological polar surface area (TPSA) is 65.1 Å². The van der Waals surface area contributed by atoms with E-state index < -0.39 is 17.7 Å². The predicted octanol–water partition coefficient (Wildman–Crippen LogP) is 3.43. The molecule has 6 heteroatoms. The number of amides is 1. The number of carbonyl (C=O) groups is 2. The maximum absolute atomic E-state index is 12.6. The molecule has 0 aromatic heterocycles. The summed E-state index contributed by atoms with van der Waals surface area (Å²) in [6.45, 7) is 5.24. The van der Waals surface area contributed by atoms with Crippen molar-refractivity contribution in [2.24, 2.45) is 0 Å². The van der Waals surface area contributed by atoms with Crippen molar-refractivity contribution >= 4 is 12.4 Å². The summed E-state index contributed by atoms with van der Waals surface area (Å²) in [5, 5.41) is 0. The minimum absolute atomic E-state index is 0.106. The molecule has 0 bridgehead atoms. The summed E-state index contributed by atoms with van der Waals surface area (Å²) in [4.78, 5) is 25.2. The quantitative estimate of drug-likeness (QED) is 0.721. The molecule has 0 spiro atoms. The number of allylic oxidation sites excluding steroid dienone is 3. The number of nitrogens with zero attached hydrogens (tertiary/aromatic N) is 1. The minimum Gasteiger partial charge on any atom is -0.466 e. The molecule has 0 aromatic carbocycles. The summed E-state index contributed by atoms with van der Waals surface area (Å²) < 4.78 is 16.2. The summed E-state index contributed by atoms with van der Waals surface area (Å²) in [6.07, 6.45) is 11.8. The number of carbonyl (C=O) groups excluding carboxylic acids is 2.